The lowest BCUT2D eigenvalue weighted by Gasteiger charge is -2.10. The number of hydrogen-bond donors (Lipinski definition) is 3. The molecule has 112 valence electrons. The van der Waals surface area contributed by atoms with Crippen LogP contribution in [0, 0.1) is 5.92 Å². The van der Waals surface area contributed by atoms with E-state index in [9.17, 15) is 9.59 Å². The van der Waals surface area contributed by atoms with Gasteiger partial charge in [0.1, 0.15) is 0 Å². The summed E-state index contributed by atoms with van der Waals surface area (Å²) in [7, 11) is 0. The van der Waals surface area contributed by atoms with E-state index in [1.807, 2.05) is 0 Å². The van der Waals surface area contributed by atoms with Crippen molar-refractivity contribution in [3.63, 3.8) is 0 Å². The highest BCUT2D eigenvalue weighted by Crippen LogP contribution is 2.20. The van der Waals surface area contributed by atoms with Gasteiger partial charge in [-0.1, -0.05) is 0 Å². The van der Waals surface area contributed by atoms with Gasteiger partial charge in [0.05, 0.1) is 12.5 Å². The molecule has 0 radical (unpaired) electrons. The van der Waals surface area contributed by atoms with Gasteiger partial charge in [-0.25, -0.2) is 4.79 Å². The first-order chi connectivity index (χ1) is 10.2. The van der Waals surface area contributed by atoms with Gasteiger partial charge in [0.2, 0.25) is 5.91 Å². The van der Waals surface area contributed by atoms with Crippen LogP contribution in [0.5, 0.6) is 0 Å². The van der Waals surface area contributed by atoms with E-state index in [1.165, 1.54) is 0 Å². The molecule has 21 heavy (non-hydrogen) atoms. The maximum atomic E-state index is 11.9. The maximum absolute atomic E-state index is 11.9. The van der Waals surface area contributed by atoms with Gasteiger partial charge in [-0.3, -0.25) is 4.79 Å². The van der Waals surface area contributed by atoms with Crippen LogP contribution < -0.4 is 16.0 Å². The molecule has 1 saturated heterocycles. The molecule has 0 bridgehead atoms. The number of amides is 3. The molecule has 1 aliphatic heterocycles. The third-order valence-corrected chi connectivity index (χ3v) is 3.62. The number of ether oxygens (including phenoxy) is 1. The fraction of sp³-hybridized carbons (Fsp3) is 0.467. The van der Waals surface area contributed by atoms with Crippen LogP contribution >= 0.6 is 0 Å². The van der Waals surface area contributed by atoms with Crippen LogP contribution in [0.1, 0.15) is 19.3 Å². The summed E-state index contributed by atoms with van der Waals surface area (Å²) in [6.45, 7) is 1.14. The maximum Gasteiger partial charge on any atom is 0.319 e. The van der Waals surface area contributed by atoms with Crippen molar-refractivity contribution in [2.75, 3.05) is 23.8 Å². The fourth-order valence-corrected chi connectivity index (χ4v) is 2.20. The molecule has 3 rings (SSSR count). The lowest BCUT2D eigenvalue weighted by Crippen LogP contribution is -2.30. The van der Waals surface area contributed by atoms with Crippen LogP contribution in [-0.4, -0.2) is 31.2 Å². The topological polar surface area (TPSA) is 79.5 Å². The second kappa shape index (κ2) is 6.13. The molecular weight excluding hydrogens is 270 g/mol. The first kappa shape index (κ1) is 13.9. The zero-order valence-electron chi connectivity index (χ0n) is 11.7. The van der Waals surface area contributed by atoms with Crippen molar-refractivity contribution in [1.82, 2.24) is 5.32 Å². The first-order valence-electron chi connectivity index (χ1n) is 7.27. The van der Waals surface area contributed by atoms with E-state index in [1.54, 1.807) is 24.3 Å². The largest absolute Gasteiger partial charge is 0.381 e. The zero-order valence-corrected chi connectivity index (χ0v) is 11.7. The zero-order chi connectivity index (χ0) is 14.7. The molecule has 2 fully saturated rings. The third kappa shape index (κ3) is 3.95. The van der Waals surface area contributed by atoms with E-state index in [2.05, 4.69) is 16.0 Å². The monoisotopic (exact) mass is 289 g/mol. The van der Waals surface area contributed by atoms with Crippen molar-refractivity contribution >= 4 is 23.3 Å². The smallest absolute Gasteiger partial charge is 0.319 e. The molecule has 0 aromatic heterocycles. The van der Waals surface area contributed by atoms with E-state index in [4.69, 9.17) is 4.74 Å². The normalized spacial score (nSPS) is 20.9. The van der Waals surface area contributed by atoms with Gasteiger partial charge in [-0.15, -0.1) is 0 Å². The molecule has 0 spiro atoms. The molecule has 6 heteroatoms. The van der Waals surface area contributed by atoms with Crippen molar-refractivity contribution in [3.8, 4) is 0 Å². The third-order valence-electron chi connectivity index (χ3n) is 3.62. The van der Waals surface area contributed by atoms with Gasteiger partial charge in [0.15, 0.2) is 0 Å². The molecule has 3 N–H and O–H groups in total. The predicted octanol–water partition coefficient (Wildman–Crippen LogP) is 1.95. The lowest BCUT2D eigenvalue weighted by atomic mass is 10.1. The SMILES string of the molecule is O=C(Nc1ccc(NC(=O)C2CCOC2)cc1)NC1CC1. The van der Waals surface area contributed by atoms with Crippen LogP contribution in [0.25, 0.3) is 0 Å². The van der Waals surface area contributed by atoms with E-state index in [0.29, 0.717) is 24.9 Å². The Morgan fingerprint density at radius 3 is 2.24 bits per heavy atom. The summed E-state index contributed by atoms with van der Waals surface area (Å²) in [5.41, 5.74) is 1.43. The second-order valence-corrected chi connectivity index (χ2v) is 5.50. The summed E-state index contributed by atoms with van der Waals surface area (Å²) >= 11 is 0. The Morgan fingerprint density at radius 1 is 1.00 bits per heavy atom. The molecule has 1 unspecified atom stereocenters. The van der Waals surface area contributed by atoms with Gasteiger partial charge in [0.25, 0.3) is 0 Å². The van der Waals surface area contributed by atoms with Crippen molar-refractivity contribution < 1.29 is 14.3 Å². The fourth-order valence-electron chi connectivity index (χ4n) is 2.20. The van der Waals surface area contributed by atoms with Crippen molar-refractivity contribution in [2.24, 2.45) is 5.92 Å². The van der Waals surface area contributed by atoms with Gasteiger partial charge in [0, 0.05) is 24.0 Å². The van der Waals surface area contributed by atoms with Crippen LogP contribution in [0.2, 0.25) is 0 Å². The molecule has 1 saturated carbocycles. The Hall–Kier alpha value is -2.08. The molecule has 1 aromatic carbocycles. The molecule has 1 aromatic rings. The van der Waals surface area contributed by atoms with Crippen LogP contribution in [0.4, 0.5) is 16.2 Å². The number of nitrogens with one attached hydrogen (secondary N) is 3. The summed E-state index contributed by atoms with van der Waals surface area (Å²) in [4.78, 5) is 23.5. The molecule has 1 aliphatic carbocycles. The molecule has 2 aliphatic rings. The summed E-state index contributed by atoms with van der Waals surface area (Å²) in [5, 5.41) is 8.48. The quantitative estimate of drug-likeness (QED) is 0.792. The number of anilines is 2. The number of rotatable bonds is 4. The van der Waals surface area contributed by atoms with Crippen LogP contribution in [-0.2, 0) is 9.53 Å². The predicted molar refractivity (Wildman–Crippen MR) is 79.2 cm³/mol. The number of urea groups is 1. The minimum Gasteiger partial charge on any atom is -0.381 e. The average molecular weight is 289 g/mol. The summed E-state index contributed by atoms with van der Waals surface area (Å²) in [6.07, 6.45) is 2.89. The van der Waals surface area contributed by atoms with Gasteiger partial charge < -0.3 is 20.7 Å². The minimum atomic E-state index is -0.183. The average Bonchev–Trinajstić information content (AvgIpc) is 3.10. The molecule has 1 heterocycles. The Kier molecular flexibility index (Phi) is 4.06. The number of carbonyl (C=O) groups excluding carboxylic acids is 2. The summed E-state index contributed by atoms with van der Waals surface area (Å²) in [5.74, 6) is -0.0770. The molecular formula is C15H19N3O3. The van der Waals surface area contributed by atoms with Gasteiger partial charge >= 0.3 is 6.03 Å². The Labute approximate surface area is 123 Å². The van der Waals surface area contributed by atoms with E-state index in [0.717, 1.165) is 24.9 Å². The minimum absolute atomic E-state index is 0.0142. The number of benzene rings is 1. The van der Waals surface area contributed by atoms with Crippen molar-refractivity contribution in [2.45, 2.75) is 25.3 Å². The summed E-state index contributed by atoms with van der Waals surface area (Å²) < 4.78 is 5.20. The lowest BCUT2D eigenvalue weighted by molar-refractivity contribution is -0.119. The van der Waals surface area contributed by atoms with E-state index < -0.39 is 0 Å². The summed E-state index contributed by atoms with van der Waals surface area (Å²) in [6, 6.07) is 7.25. The molecule has 6 nitrogen and oxygen atoms in total. The van der Waals surface area contributed by atoms with Crippen LogP contribution in [0.15, 0.2) is 24.3 Å². The van der Waals surface area contributed by atoms with E-state index >= 15 is 0 Å². The van der Waals surface area contributed by atoms with Crippen molar-refractivity contribution in [3.05, 3.63) is 24.3 Å². The Balaban J connectivity index is 1.50. The van der Waals surface area contributed by atoms with Crippen molar-refractivity contribution in [1.29, 1.82) is 0 Å². The molecule has 1 atom stereocenters. The second-order valence-electron chi connectivity index (χ2n) is 5.50. The van der Waals surface area contributed by atoms with Gasteiger partial charge in [-0.2, -0.15) is 0 Å². The highest BCUT2D eigenvalue weighted by Gasteiger charge is 2.24. The Bertz CT molecular complexity index is 519. The Morgan fingerprint density at radius 2 is 1.67 bits per heavy atom. The molecule has 3 amide bonds. The number of hydrogen-bond acceptors (Lipinski definition) is 3. The van der Waals surface area contributed by atoms with Crippen LogP contribution in [0.3, 0.4) is 0 Å². The first-order valence-corrected chi connectivity index (χ1v) is 7.27. The standard InChI is InChI=1S/C15H19N3O3/c19-14(10-7-8-21-9-10)16-11-1-3-12(4-2-11)17-15(20)18-13-5-6-13/h1-4,10,13H,5-9H2,(H,16,19)(H2,17,18,20). The van der Waals surface area contributed by atoms with Gasteiger partial charge in [-0.05, 0) is 43.5 Å². The number of carbonyl (C=O) groups is 2. The highest BCUT2D eigenvalue weighted by molar-refractivity contribution is 5.93. The van der Waals surface area contributed by atoms with E-state index in [-0.39, 0.29) is 17.9 Å². The highest BCUT2D eigenvalue weighted by atomic mass is 16.5.